The maximum absolute atomic E-state index is 5.98. The first-order valence-electron chi connectivity index (χ1n) is 5.28. The molecule has 0 bridgehead atoms. The van der Waals surface area contributed by atoms with Gasteiger partial charge in [0.25, 0.3) is 0 Å². The van der Waals surface area contributed by atoms with Crippen molar-refractivity contribution in [3.05, 3.63) is 0 Å². The molecule has 13 heavy (non-hydrogen) atoms. The summed E-state index contributed by atoms with van der Waals surface area (Å²) in [6, 6.07) is 0. The van der Waals surface area contributed by atoms with E-state index >= 15 is 0 Å². The molecule has 0 aromatic carbocycles. The molecule has 0 spiro atoms. The molecule has 0 saturated heterocycles. The Balaban J connectivity index is 2.31. The fourth-order valence-corrected chi connectivity index (χ4v) is 2.46. The molecule has 0 amide bonds. The number of hydrogen-bond donors (Lipinski definition) is 0. The molecule has 0 heterocycles. The summed E-state index contributed by atoms with van der Waals surface area (Å²) in [5.41, 5.74) is 0.321. The van der Waals surface area contributed by atoms with Gasteiger partial charge in [0.1, 0.15) is 0 Å². The normalized spacial score (nSPS) is 33.9. The minimum absolute atomic E-state index is 0.321. The lowest BCUT2D eigenvalue weighted by atomic mass is 9.69. The summed E-state index contributed by atoms with van der Waals surface area (Å²) in [6.07, 6.45) is 4.44. The van der Waals surface area contributed by atoms with Crippen molar-refractivity contribution in [2.24, 2.45) is 5.41 Å². The van der Waals surface area contributed by atoms with E-state index in [1.807, 2.05) is 0 Å². The number of rotatable bonds is 4. The van der Waals surface area contributed by atoms with E-state index < -0.39 is 0 Å². The van der Waals surface area contributed by atoms with Crippen LogP contribution in [0.2, 0.25) is 0 Å². The molecule has 0 aromatic rings. The fraction of sp³-hybridized carbons (Fsp3) is 1.00. The lowest BCUT2D eigenvalue weighted by Crippen LogP contribution is -2.52. The van der Waals surface area contributed by atoms with Crippen molar-refractivity contribution < 1.29 is 4.74 Å². The zero-order chi connectivity index (χ0) is 10.1. The predicted octanol–water partition coefficient (Wildman–Crippen LogP) is 3.75. The Morgan fingerprint density at radius 1 is 1.54 bits per heavy atom. The highest BCUT2D eigenvalue weighted by Crippen LogP contribution is 2.47. The lowest BCUT2D eigenvalue weighted by molar-refractivity contribution is -0.117. The molecule has 3 unspecified atom stereocenters. The van der Waals surface area contributed by atoms with Crippen molar-refractivity contribution >= 4 is 15.9 Å². The second-order valence-corrected chi connectivity index (χ2v) is 5.85. The Bertz CT molecular complexity index is 167. The predicted molar refractivity (Wildman–Crippen MR) is 60.4 cm³/mol. The SMILES string of the molecule is CCCC(C)OC1CC(Br)C1(C)C. The highest BCUT2D eigenvalue weighted by molar-refractivity contribution is 9.09. The monoisotopic (exact) mass is 248 g/mol. The summed E-state index contributed by atoms with van der Waals surface area (Å²) in [7, 11) is 0. The van der Waals surface area contributed by atoms with Crippen LogP contribution in [0.1, 0.15) is 47.0 Å². The van der Waals surface area contributed by atoms with Gasteiger partial charge in [0.2, 0.25) is 0 Å². The van der Waals surface area contributed by atoms with E-state index in [0.29, 0.717) is 22.5 Å². The van der Waals surface area contributed by atoms with Gasteiger partial charge in [0.15, 0.2) is 0 Å². The topological polar surface area (TPSA) is 9.23 Å². The zero-order valence-corrected chi connectivity index (χ0v) is 10.7. The average Bonchev–Trinajstić information content (AvgIpc) is 2.04. The second kappa shape index (κ2) is 4.31. The smallest absolute Gasteiger partial charge is 0.0651 e. The number of hydrogen-bond acceptors (Lipinski definition) is 1. The molecule has 0 radical (unpaired) electrons. The summed E-state index contributed by atoms with van der Waals surface area (Å²) in [5.74, 6) is 0. The Kier molecular flexibility index (Phi) is 3.82. The molecular weight excluding hydrogens is 228 g/mol. The summed E-state index contributed by atoms with van der Waals surface area (Å²) in [6.45, 7) is 8.94. The first-order chi connectivity index (χ1) is 5.98. The van der Waals surface area contributed by atoms with Crippen LogP contribution >= 0.6 is 15.9 Å². The van der Waals surface area contributed by atoms with Gasteiger partial charge in [0.05, 0.1) is 12.2 Å². The van der Waals surface area contributed by atoms with Gasteiger partial charge >= 0.3 is 0 Å². The minimum atomic E-state index is 0.321. The summed E-state index contributed by atoms with van der Waals surface area (Å²) >= 11 is 3.67. The molecule has 3 atom stereocenters. The highest BCUT2D eigenvalue weighted by atomic mass is 79.9. The van der Waals surface area contributed by atoms with E-state index in [4.69, 9.17) is 4.74 Å². The average molecular weight is 249 g/mol. The van der Waals surface area contributed by atoms with Crippen LogP contribution in [0.5, 0.6) is 0 Å². The maximum Gasteiger partial charge on any atom is 0.0651 e. The van der Waals surface area contributed by atoms with Crippen molar-refractivity contribution in [1.29, 1.82) is 0 Å². The van der Waals surface area contributed by atoms with Crippen molar-refractivity contribution in [2.75, 3.05) is 0 Å². The van der Waals surface area contributed by atoms with E-state index in [1.54, 1.807) is 0 Å². The molecule has 1 nitrogen and oxygen atoms in total. The van der Waals surface area contributed by atoms with Gasteiger partial charge in [0, 0.05) is 10.2 Å². The molecule has 1 aliphatic carbocycles. The molecule has 1 fully saturated rings. The van der Waals surface area contributed by atoms with Crippen molar-refractivity contribution in [1.82, 2.24) is 0 Å². The van der Waals surface area contributed by atoms with Gasteiger partial charge < -0.3 is 4.74 Å². The van der Waals surface area contributed by atoms with Gasteiger partial charge in [-0.15, -0.1) is 0 Å². The summed E-state index contributed by atoms with van der Waals surface area (Å²) in [4.78, 5) is 0.638. The number of alkyl halides is 1. The standard InChI is InChI=1S/C11H21BrO/c1-5-6-8(2)13-10-7-9(12)11(10,3)4/h8-10H,5-7H2,1-4H3. The van der Waals surface area contributed by atoms with Crippen LogP contribution in [0.3, 0.4) is 0 Å². The van der Waals surface area contributed by atoms with Crippen LogP contribution in [-0.2, 0) is 4.74 Å². The van der Waals surface area contributed by atoms with Crippen LogP contribution in [0, 0.1) is 5.41 Å². The van der Waals surface area contributed by atoms with Gasteiger partial charge in [-0.3, -0.25) is 0 Å². The Morgan fingerprint density at radius 2 is 2.15 bits per heavy atom. The largest absolute Gasteiger partial charge is 0.375 e. The minimum Gasteiger partial charge on any atom is -0.375 e. The first kappa shape index (κ1) is 11.5. The molecule has 1 saturated carbocycles. The van der Waals surface area contributed by atoms with E-state index in [0.717, 1.165) is 0 Å². The second-order valence-electron chi connectivity index (χ2n) is 4.75. The van der Waals surface area contributed by atoms with E-state index in [9.17, 15) is 0 Å². The lowest BCUT2D eigenvalue weighted by Gasteiger charge is -2.49. The fourth-order valence-electron chi connectivity index (χ4n) is 1.82. The molecule has 1 aliphatic rings. The van der Waals surface area contributed by atoms with Gasteiger partial charge in [-0.25, -0.2) is 0 Å². The Morgan fingerprint density at radius 3 is 2.54 bits per heavy atom. The third kappa shape index (κ3) is 2.47. The molecule has 0 N–H and O–H groups in total. The van der Waals surface area contributed by atoms with Crippen LogP contribution < -0.4 is 0 Å². The zero-order valence-electron chi connectivity index (χ0n) is 9.14. The third-order valence-electron chi connectivity index (χ3n) is 3.15. The summed E-state index contributed by atoms with van der Waals surface area (Å²) < 4.78 is 5.98. The molecule has 78 valence electrons. The van der Waals surface area contributed by atoms with Crippen LogP contribution in [-0.4, -0.2) is 17.0 Å². The number of ether oxygens (including phenoxy) is 1. The first-order valence-corrected chi connectivity index (χ1v) is 6.19. The highest BCUT2D eigenvalue weighted by Gasteiger charge is 2.47. The van der Waals surface area contributed by atoms with Crippen LogP contribution in [0.15, 0.2) is 0 Å². The van der Waals surface area contributed by atoms with Crippen molar-refractivity contribution in [3.63, 3.8) is 0 Å². The third-order valence-corrected chi connectivity index (χ3v) is 4.70. The van der Waals surface area contributed by atoms with E-state index in [2.05, 4.69) is 43.6 Å². The quantitative estimate of drug-likeness (QED) is 0.689. The Hall–Kier alpha value is 0.440. The molecule has 2 heteroatoms. The molecule has 0 aromatic heterocycles. The molecule has 1 rings (SSSR count). The van der Waals surface area contributed by atoms with Gasteiger partial charge in [-0.2, -0.15) is 0 Å². The number of halogens is 1. The van der Waals surface area contributed by atoms with Crippen LogP contribution in [0.4, 0.5) is 0 Å². The Labute approximate surface area is 90.4 Å². The molecule has 0 aliphatic heterocycles. The summed E-state index contributed by atoms with van der Waals surface area (Å²) in [5, 5.41) is 0. The van der Waals surface area contributed by atoms with Crippen molar-refractivity contribution in [2.45, 2.75) is 64.0 Å². The molecular formula is C11H21BrO. The van der Waals surface area contributed by atoms with E-state index in [1.165, 1.54) is 19.3 Å². The van der Waals surface area contributed by atoms with Crippen LogP contribution in [0.25, 0.3) is 0 Å². The van der Waals surface area contributed by atoms with Crippen molar-refractivity contribution in [3.8, 4) is 0 Å². The maximum atomic E-state index is 5.98. The van der Waals surface area contributed by atoms with E-state index in [-0.39, 0.29) is 0 Å². The van der Waals surface area contributed by atoms with Gasteiger partial charge in [-0.05, 0) is 19.8 Å². The van der Waals surface area contributed by atoms with Gasteiger partial charge in [-0.1, -0.05) is 43.1 Å².